The minimum absolute atomic E-state index is 0.0883. The Morgan fingerprint density at radius 3 is 2.78 bits per heavy atom. The predicted octanol–water partition coefficient (Wildman–Crippen LogP) is 3.96. The lowest BCUT2D eigenvalue weighted by atomic mass is 9.86. The molecule has 1 fully saturated rings. The van der Waals surface area contributed by atoms with Crippen molar-refractivity contribution < 1.29 is 5.11 Å². The summed E-state index contributed by atoms with van der Waals surface area (Å²) >= 11 is 3.52. The molecule has 2 atom stereocenters. The fraction of sp³-hybridized carbons (Fsp3) is 0.600. The number of aliphatic hydroxyl groups is 1. The maximum atomic E-state index is 9.19. The molecule has 0 heterocycles. The standard InChI is InChI=1S/C15H22BrNO/c1-11-4-3-5-13(8-11)17(2)14-7-6-12(10-18)15(16)9-14/h6-7,9,11,13,18H,3-5,8,10H2,1-2H3. The van der Waals surface area contributed by atoms with Crippen LogP contribution < -0.4 is 4.90 Å². The zero-order valence-corrected chi connectivity index (χ0v) is 12.8. The van der Waals surface area contributed by atoms with Gasteiger partial charge in [0.25, 0.3) is 0 Å². The third kappa shape index (κ3) is 3.07. The van der Waals surface area contributed by atoms with Gasteiger partial charge in [0.2, 0.25) is 0 Å². The van der Waals surface area contributed by atoms with Crippen LogP contribution in [0, 0.1) is 5.92 Å². The van der Waals surface area contributed by atoms with Crippen molar-refractivity contribution in [1.29, 1.82) is 0 Å². The highest BCUT2D eigenvalue weighted by Crippen LogP contribution is 2.31. The minimum Gasteiger partial charge on any atom is -0.392 e. The molecule has 2 unspecified atom stereocenters. The number of aliphatic hydroxyl groups excluding tert-OH is 1. The van der Waals surface area contributed by atoms with E-state index in [1.54, 1.807) is 0 Å². The Balaban J connectivity index is 2.12. The summed E-state index contributed by atoms with van der Waals surface area (Å²) in [6.07, 6.45) is 5.29. The van der Waals surface area contributed by atoms with Crippen molar-refractivity contribution in [2.45, 2.75) is 45.3 Å². The van der Waals surface area contributed by atoms with Gasteiger partial charge in [0, 0.05) is 23.2 Å². The normalized spacial score (nSPS) is 24.0. The lowest BCUT2D eigenvalue weighted by molar-refractivity contribution is 0.281. The second kappa shape index (κ2) is 6.07. The number of rotatable bonds is 3. The lowest BCUT2D eigenvalue weighted by Gasteiger charge is -2.35. The predicted molar refractivity (Wildman–Crippen MR) is 79.9 cm³/mol. The fourth-order valence-corrected chi connectivity index (χ4v) is 3.34. The molecule has 1 aliphatic rings. The highest BCUT2D eigenvalue weighted by molar-refractivity contribution is 9.10. The van der Waals surface area contributed by atoms with E-state index in [2.05, 4.69) is 46.9 Å². The molecule has 0 aliphatic heterocycles. The van der Waals surface area contributed by atoms with Crippen LogP contribution in [-0.2, 0) is 6.61 Å². The monoisotopic (exact) mass is 311 g/mol. The van der Waals surface area contributed by atoms with Crippen LogP contribution in [0.5, 0.6) is 0 Å². The molecule has 3 heteroatoms. The van der Waals surface area contributed by atoms with Crippen molar-refractivity contribution in [1.82, 2.24) is 0 Å². The molecule has 0 aromatic heterocycles. The van der Waals surface area contributed by atoms with Crippen LogP contribution in [0.15, 0.2) is 22.7 Å². The van der Waals surface area contributed by atoms with Crippen LogP contribution in [0.4, 0.5) is 5.69 Å². The zero-order chi connectivity index (χ0) is 13.1. The van der Waals surface area contributed by atoms with Gasteiger partial charge in [0.1, 0.15) is 0 Å². The summed E-state index contributed by atoms with van der Waals surface area (Å²) in [5.41, 5.74) is 2.18. The average Bonchev–Trinajstić information content (AvgIpc) is 2.37. The van der Waals surface area contributed by atoms with Gasteiger partial charge < -0.3 is 10.0 Å². The van der Waals surface area contributed by atoms with Crippen LogP contribution >= 0.6 is 15.9 Å². The molecule has 0 spiro atoms. The highest BCUT2D eigenvalue weighted by Gasteiger charge is 2.22. The quantitative estimate of drug-likeness (QED) is 0.913. The summed E-state index contributed by atoms with van der Waals surface area (Å²) < 4.78 is 0.998. The largest absolute Gasteiger partial charge is 0.392 e. The van der Waals surface area contributed by atoms with Gasteiger partial charge in [-0.1, -0.05) is 41.8 Å². The van der Waals surface area contributed by atoms with Crippen molar-refractivity contribution >= 4 is 21.6 Å². The van der Waals surface area contributed by atoms with Gasteiger partial charge in [0.15, 0.2) is 0 Å². The third-order valence-electron chi connectivity index (χ3n) is 4.07. The topological polar surface area (TPSA) is 23.5 Å². The number of halogens is 1. The second-order valence-corrected chi connectivity index (χ2v) is 6.32. The molecule has 1 aromatic rings. The number of hydrogen-bond donors (Lipinski definition) is 1. The second-order valence-electron chi connectivity index (χ2n) is 5.47. The van der Waals surface area contributed by atoms with Gasteiger partial charge in [-0.25, -0.2) is 0 Å². The molecule has 0 saturated heterocycles. The Bertz CT molecular complexity index is 407. The van der Waals surface area contributed by atoms with Crippen LogP contribution in [0.3, 0.4) is 0 Å². The molecule has 18 heavy (non-hydrogen) atoms. The van der Waals surface area contributed by atoms with Crippen molar-refractivity contribution in [2.75, 3.05) is 11.9 Å². The first-order valence-electron chi connectivity index (χ1n) is 6.74. The highest BCUT2D eigenvalue weighted by atomic mass is 79.9. The van der Waals surface area contributed by atoms with E-state index < -0.39 is 0 Å². The molecular weight excluding hydrogens is 290 g/mol. The lowest BCUT2D eigenvalue weighted by Crippen LogP contribution is -2.35. The van der Waals surface area contributed by atoms with E-state index in [0.717, 1.165) is 16.0 Å². The van der Waals surface area contributed by atoms with E-state index in [0.29, 0.717) is 6.04 Å². The summed E-state index contributed by atoms with van der Waals surface area (Å²) in [5.74, 6) is 0.839. The molecular formula is C15H22BrNO. The Labute approximate surface area is 118 Å². The van der Waals surface area contributed by atoms with E-state index in [1.807, 2.05) is 6.07 Å². The zero-order valence-electron chi connectivity index (χ0n) is 11.2. The van der Waals surface area contributed by atoms with Gasteiger partial charge >= 0.3 is 0 Å². The van der Waals surface area contributed by atoms with Crippen molar-refractivity contribution in [3.8, 4) is 0 Å². The fourth-order valence-electron chi connectivity index (χ4n) is 2.85. The van der Waals surface area contributed by atoms with Gasteiger partial charge in [-0.2, -0.15) is 0 Å². The Morgan fingerprint density at radius 1 is 1.39 bits per heavy atom. The Kier molecular flexibility index (Phi) is 4.68. The van der Waals surface area contributed by atoms with E-state index in [-0.39, 0.29) is 6.61 Å². The van der Waals surface area contributed by atoms with Crippen LogP contribution in [0.1, 0.15) is 38.2 Å². The van der Waals surface area contributed by atoms with Gasteiger partial charge in [0.05, 0.1) is 6.61 Å². The molecule has 1 N–H and O–H groups in total. The van der Waals surface area contributed by atoms with E-state index in [1.165, 1.54) is 31.4 Å². The average molecular weight is 312 g/mol. The summed E-state index contributed by atoms with van der Waals surface area (Å²) in [7, 11) is 2.18. The first-order chi connectivity index (χ1) is 8.61. The van der Waals surface area contributed by atoms with Gasteiger partial charge in [-0.05, 0) is 36.5 Å². The van der Waals surface area contributed by atoms with E-state index in [9.17, 15) is 5.11 Å². The van der Waals surface area contributed by atoms with Crippen molar-refractivity contribution in [3.63, 3.8) is 0 Å². The van der Waals surface area contributed by atoms with Crippen LogP contribution in [-0.4, -0.2) is 18.2 Å². The van der Waals surface area contributed by atoms with Gasteiger partial charge in [-0.15, -0.1) is 0 Å². The Morgan fingerprint density at radius 2 is 2.17 bits per heavy atom. The summed E-state index contributed by atoms with van der Waals surface area (Å²) in [6.45, 7) is 2.44. The maximum Gasteiger partial charge on any atom is 0.0692 e. The van der Waals surface area contributed by atoms with Crippen LogP contribution in [0.25, 0.3) is 0 Å². The van der Waals surface area contributed by atoms with E-state index in [4.69, 9.17) is 0 Å². The number of hydrogen-bond acceptors (Lipinski definition) is 2. The smallest absolute Gasteiger partial charge is 0.0692 e. The molecule has 1 aromatic carbocycles. The first kappa shape index (κ1) is 13.9. The third-order valence-corrected chi connectivity index (χ3v) is 4.81. The molecule has 2 nitrogen and oxygen atoms in total. The SMILES string of the molecule is CC1CCCC(N(C)c2ccc(CO)c(Br)c2)C1. The Hall–Kier alpha value is -0.540. The number of nitrogens with zero attached hydrogens (tertiary/aromatic N) is 1. The molecule has 0 radical (unpaired) electrons. The van der Waals surface area contributed by atoms with Crippen LogP contribution in [0.2, 0.25) is 0 Å². The molecule has 1 aliphatic carbocycles. The van der Waals surface area contributed by atoms with Crippen molar-refractivity contribution in [2.24, 2.45) is 5.92 Å². The van der Waals surface area contributed by atoms with Gasteiger partial charge in [-0.3, -0.25) is 0 Å². The maximum absolute atomic E-state index is 9.19. The number of benzene rings is 1. The first-order valence-corrected chi connectivity index (χ1v) is 7.53. The molecule has 1 saturated carbocycles. The molecule has 100 valence electrons. The van der Waals surface area contributed by atoms with Crippen molar-refractivity contribution in [3.05, 3.63) is 28.2 Å². The summed E-state index contributed by atoms with van der Waals surface area (Å²) in [6, 6.07) is 6.88. The molecule has 2 rings (SSSR count). The summed E-state index contributed by atoms with van der Waals surface area (Å²) in [5, 5.41) is 9.19. The molecule has 0 bridgehead atoms. The number of anilines is 1. The summed E-state index contributed by atoms with van der Waals surface area (Å²) in [4.78, 5) is 2.39. The van der Waals surface area contributed by atoms with E-state index >= 15 is 0 Å². The molecule has 0 amide bonds. The minimum atomic E-state index is 0.0883.